The number of phenolic OH excluding ortho intramolecular Hbond substituents is 1. The van der Waals surface area contributed by atoms with Gasteiger partial charge in [-0.05, 0) is 55.7 Å². The summed E-state index contributed by atoms with van der Waals surface area (Å²) < 4.78 is 0. The predicted octanol–water partition coefficient (Wildman–Crippen LogP) is 2.62. The molecule has 3 unspecified atom stereocenters. The van der Waals surface area contributed by atoms with Crippen LogP contribution in [0.1, 0.15) is 49.4 Å². The average molecular weight is 478 g/mol. The molecule has 1 heterocycles. The van der Waals surface area contributed by atoms with E-state index in [9.17, 15) is 29.7 Å². The molecule has 0 bridgehead atoms. The summed E-state index contributed by atoms with van der Waals surface area (Å²) in [5.74, 6) is -4.45. The Balaban J connectivity index is 1.60. The third-order valence-electron chi connectivity index (χ3n) is 7.62. The molecule has 35 heavy (non-hydrogen) atoms. The highest BCUT2D eigenvalue weighted by atomic mass is 16.3. The molecule has 9 nitrogen and oxygen atoms in total. The fraction of sp³-hybridized carbons (Fsp3) is 0.385. The van der Waals surface area contributed by atoms with Crippen molar-refractivity contribution in [3.63, 3.8) is 0 Å². The molecule has 4 atom stereocenters. The van der Waals surface area contributed by atoms with Crippen LogP contribution in [0.25, 0.3) is 5.76 Å². The first-order chi connectivity index (χ1) is 16.6. The van der Waals surface area contributed by atoms with Gasteiger partial charge in [-0.15, -0.1) is 0 Å². The zero-order valence-electron chi connectivity index (χ0n) is 19.5. The summed E-state index contributed by atoms with van der Waals surface area (Å²) in [4.78, 5) is 44.5. The lowest BCUT2D eigenvalue weighted by Gasteiger charge is -2.41. The number of benzene rings is 1. The number of hydrogen-bond acceptors (Lipinski definition) is 8. The van der Waals surface area contributed by atoms with E-state index < -0.39 is 46.6 Å². The minimum atomic E-state index is -1.12. The number of rotatable bonds is 3. The first-order valence-electron chi connectivity index (χ1n) is 11.7. The number of aliphatic hydroxyl groups is 2. The van der Waals surface area contributed by atoms with Crippen molar-refractivity contribution in [2.24, 2.45) is 28.5 Å². The van der Waals surface area contributed by atoms with Gasteiger partial charge in [-0.1, -0.05) is 12.1 Å². The molecule has 182 valence electrons. The molecule has 4 aliphatic rings. The molecule has 1 aromatic rings. The second-order valence-corrected chi connectivity index (χ2v) is 9.61. The number of allylic oxidation sites excluding steroid dienone is 3. The van der Waals surface area contributed by atoms with Crippen molar-refractivity contribution >= 4 is 29.1 Å². The fourth-order valence-corrected chi connectivity index (χ4v) is 6.15. The van der Waals surface area contributed by atoms with E-state index in [-0.39, 0.29) is 35.1 Å². The first-order valence-corrected chi connectivity index (χ1v) is 11.7. The summed E-state index contributed by atoms with van der Waals surface area (Å²) in [6.45, 7) is 4.46. The minimum Gasteiger partial charge on any atom is -0.511 e. The minimum absolute atomic E-state index is 0.0759. The Morgan fingerprint density at radius 3 is 2.63 bits per heavy atom. The number of hydrogen-bond donors (Lipinski definition) is 4. The van der Waals surface area contributed by atoms with Crippen molar-refractivity contribution in [3.8, 4) is 5.75 Å². The number of Topliss-reactive ketones (excluding diaryl/α,β-unsaturated/α-hetero) is 2. The van der Waals surface area contributed by atoms with Crippen LogP contribution in [-0.2, 0) is 20.8 Å². The highest BCUT2D eigenvalue weighted by Gasteiger charge is 2.51. The Hall–Kier alpha value is -3.88. The fourth-order valence-electron chi connectivity index (χ4n) is 6.15. The van der Waals surface area contributed by atoms with Crippen molar-refractivity contribution in [1.82, 2.24) is 4.90 Å². The van der Waals surface area contributed by atoms with Gasteiger partial charge >= 0.3 is 0 Å². The Bertz CT molecular complexity index is 1300. The summed E-state index contributed by atoms with van der Waals surface area (Å²) in [6, 6.07) is 3.09. The van der Waals surface area contributed by atoms with Crippen molar-refractivity contribution in [2.75, 3.05) is 6.54 Å². The van der Waals surface area contributed by atoms with Gasteiger partial charge in [-0.2, -0.15) is 0 Å². The summed E-state index contributed by atoms with van der Waals surface area (Å²) in [6.07, 6.45) is 4.54. The van der Waals surface area contributed by atoms with Crippen LogP contribution in [0.5, 0.6) is 5.75 Å². The molecule has 1 aliphatic heterocycles. The first kappa shape index (κ1) is 22.9. The zero-order chi connectivity index (χ0) is 25.2. The molecule has 5 rings (SSSR count). The summed E-state index contributed by atoms with van der Waals surface area (Å²) >= 11 is 0. The SMILES string of the molecule is C/C=C\N1C[C@@H](c2ccc(O)c3c2CC2CC4CC(=O)C(C(N)=O)=C(O)C4C(=O)C2=C3O)N=C1C. The van der Waals surface area contributed by atoms with Crippen LogP contribution in [0.2, 0.25) is 0 Å². The molecule has 0 radical (unpaired) electrons. The highest BCUT2D eigenvalue weighted by molar-refractivity contribution is 6.21. The van der Waals surface area contributed by atoms with Crippen molar-refractivity contribution in [2.45, 2.75) is 39.2 Å². The molecule has 9 heteroatoms. The smallest absolute Gasteiger partial charge is 0.255 e. The lowest BCUT2D eigenvalue weighted by molar-refractivity contribution is -0.127. The van der Waals surface area contributed by atoms with Gasteiger partial charge in [-0.3, -0.25) is 19.4 Å². The number of aliphatic hydroxyl groups excluding tert-OH is 2. The van der Waals surface area contributed by atoms with Crippen molar-refractivity contribution in [3.05, 3.63) is 58.0 Å². The number of nitrogens with two attached hydrogens (primary N) is 1. The highest BCUT2D eigenvalue weighted by Crippen LogP contribution is 2.51. The van der Waals surface area contributed by atoms with Gasteiger partial charge in [0.15, 0.2) is 11.6 Å². The summed E-state index contributed by atoms with van der Waals surface area (Å²) in [5, 5.41) is 32.6. The number of aliphatic imine (C=N–C) groups is 1. The van der Waals surface area contributed by atoms with Gasteiger partial charge in [0, 0.05) is 18.2 Å². The Labute approximate surface area is 202 Å². The number of fused-ring (bicyclic) bond motifs is 3. The molecule has 0 spiro atoms. The number of primary amides is 1. The molecule has 1 amide bonds. The van der Waals surface area contributed by atoms with Crippen LogP contribution in [0.3, 0.4) is 0 Å². The van der Waals surface area contributed by atoms with E-state index >= 15 is 0 Å². The molecule has 0 aromatic heterocycles. The molecule has 0 saturated heterocycles. The number of carbonyl (C=O) groups is 3. The molecule has 5 N–H and O–H groups in total. The molecular formula is C26H27N3O6. The van der Waals surface area contributed by atoms with E-state index in [1.807, 2.05) is 31.0 Å². The normalized spacial score (nSPS) is 28.3. The lowest BCUT2D eigenvalue weighted by atomic mass is 9.61. The third-order valence-corrected chi connectivity index (χ3v) is 7.62. The van der Waals surface area contributed by atoms with Gasteiger partial charge in [0.25, 0.3) is 5.91 Å². The van der Waals surface area contributed by atoms with Gasteiger partial charge in [0.2, 0.25) is 0 Å². The maximum atomic E-state index is 13.5. The summed E-state index contributed by atoms with van der Waals surface area (Å²) in [7, 11) is 0. The lowest BCUT2D eigenvalue weighted by Crippen LogP contribution is -2.44. The number of phenols is 1. The zero-order valence-corrected chi connectivity index (χ0v) is 19.5. The molecule has 1 fully saturated rings. The van der Waals surface area contributed by atoms with Crippen molar-refractivity contribution < 1.29 is 29.7 Å². The van der Waals surface area contributed by atoms with Crippen LogP contribution in [0, 0.1) is 17.8 Å². The predicted molar refractivity (Wildman–Crippen MR) is 127 cm³/mol. The second-order valence-electron chi connectivity index (χ2n) is 9.61. The second kappa shape index (κ2) is 8.11. The van der Waals surface area contributed by atoms with Crippen LogP contribution in [0.15, 0.2) is 46.3 Å². The van der Waals surface area contributed by atoms with Gasteiger partial charge in [0.1, 0.15) is 28.7 Å². The summed E-state index contributed by atoms with van der Waals surface area (Å²) in [5.41, 5.74) is 6.63. The van der Waals surface area contributed by atoms with E-state index in [0.29, 0.717) is 19.4 Å². The number of amides is 1. The maximum Gasteiger partial charge on any atom is 0.255 e. The van der Waals surface area contributed by atoms with Crippen molar-refractivity contribution in [1.29, 1.82) is 0 Å². The third kappa shape index (κ3) is 3.37. The standard InChI is InChI=1S/C26H27N3O6/c1-3-6-29-10-16(28-11(29)2)14-4-5-17(30)21-15(14)8-12-7-13-9-18(31)22(26(27)35)25(34)20(13)23(32)19(12)24(21)33/h3-6,12-13,16,20,30,33-34H,7-10H2,1-2H3,(H2,27,35)/b6-3-/t12?,13?,16-,20?/m0/s1. The Morgan fingerprint density at radius 2 is 1.94 bits per heavy atom. The monoisotopic (exact) mass is 477 g/mol. The average Bonchev–Trinajstić information content (AvgIpc) is 3.13. The Kier molecular flexibility index (Phi) is 5.30. The topological polar surface area (TPSA) is 154 Å². The number of ketones is 2. The number of carbonyl (C=O) groups excluding carboxylic acids is 3. The van der Waals surface area contributed by atoms with Crippen LogP contribution < -0.4 is 5.73 Å². The van der Waals surface area contributed by atoms with E-state index in [2.05, 4.69) is 0 Å². The van der Waals surface area contributed by atoms with E-state index in [1.54, 1.807) is 6.07 Å². The largest absolute Gasteiger partial charge is 0.511 e. The van der Waals surface area contributed by atoms with Gasteiger partial charge in [-0.25, -0.2) is 0 Å². The van der Waals surface area contributed by atoms with E-state index in [0.717, 1.165) is 17.0 Å². The number of nitrogens with zero attached hydrogens (tertiary/aromatic N) is 2. The van der Waals surface area contributed by atoms with E-state index in [1.165, 1.54) is 6.07 Å². The molecule has 1 aromatic carbocycles. The van der Waals surface area contributed by atoms with Crippen LogP contribution >= 0.6 is 0 Å². The molecule has 3 aliphatic carbocycles. The van der Waals surface area contributed by atoms with Gasteiger partial charge in [0.05, 0.1) is 24.1 Å². The van der Waals surface area contributed by atoms with Crippen LogP contribution in [0.4, 0.5) is 0 Å². The maximum absolute atomic E-state index is 13.5. The number of aromatic hydroxyl groups is 1. The molecule has 1 saturated carbocycles. The Morgan fingerprint density at radius 1 is 1.20 bits per heavy atom. The quantitative estimate of drug-likeness (QED) is 0.488. The number of amidine groups is 1. The molecular weight excluding hydrogens is 450 g/mol. The van der Waals surface area contributed by atoms with Gasteiger partial charge < -0.3 is 26.0 Å². The van der Waals surface area contributed by atoms with Crippen LogP contribution in [-0.4, -0.2) is 50.1 Å². The van der Waals surface area contributed by atoms with E-state index in [4.69, 9.17) is 10.7 Å².